The van der Waals surface area contributed by atoms with E-state index < -0.39 is 0 Å². The summed E-state index contributed by atoms with van der Waals surface area (Å²) in [7, 11) is 2.20. The van der Waals surface area contributed by atoms with Crippen LogP contribution in [0.5, 0.6) is 0 Å². The molecule has 2 aliphatic rings. The van der Waals surface area contributed by atoms with E-state index in [9.17, 15) is 4.79 Å². The number of pyridine rings is 1. The number of carbonyl (C=O) groups excluding carboxylic acids is 1. The third kappa shape index (κ3) is 5.16. The van der Waals surface area contributed by atoms with Crippen LogP contribution in [-0.2, 0) is 6.54 Å². The number of nitrogens with zero attached hydrogens (tertiary/aromatic N) is 4. The van der Waals surface area contributed by atoms with Gasteiger partial charge in [0.2, 0.25) is 0 Å². The second kappa shape index (κ2) is 8.63. The summed E-state index contributed by atoms with van der Waals surface area (Å²) in [6.07, 6.45) is 5.85. The average molecular weight is 345 g/mol. The number of likely N-dealkylation sites (tertiary alicyclic amines) is 1. The molecule has 2 saturated heterocycles. The molecule has 1 N–H and O–H groups in total. The topological polar surface area (TPSA) is 51.7 Å². The lowest BCUT2D eigenvalue weighted by Crippen LogP contribution is -2.49. The molecule has 0 saturated carbocycles. The standard InChI is InChI=1S/C19H31N5O/c1-16-13-20-6-3-18(16)14-21-19(25)24-7-4-17(5-8-24)15-23-11-9-22(2)10-12-23/h3,6,13,17H,4-5,7-12,14-15H2,1-2H3,(H,21,25). The van der Waals surface area contributed by atoms with E-state index >= 15 is 0 Å². The van der Waals surface area contributed by atoms with Crippen molar-refractivity contribution < 1.29 is 4.79 Å². The fraction of sp³-hybridized carbons (Fsp3) is 0.684. The van der Waals surface area contributed by atoms with Gasteiger partial charge in [0.05, 0.1) is 0 Å². The highest BCUT2D eigenvalue weighted by Gasteiger charge is 2.25. The number of amides is 2. The number of aryl methyl sites for hydroxylation is 1. The van der Waals surface area contributed by atoms with E-state index in [0.29, 0.717) is 6.54 Å². The first-order valence-corrected chi connectivity index (χ1v) is 9.45. The molecule has 0 aliphatic carbocycles. The number of piperazine rings is 1. The first-order chi connectivity index (χ1) is 12.1. The molecule has 138 valence electrons. The fourth-order valence-electron chi connectivity index (χ4n) is 3.70. The van der Waals surface area contributed by atoms with Crippen LogP contribution in [-0.4, -0.2) is 78.6 Å². The fourth-order valence-corrected chi connectivity index (χ4v) is 3.70. The number of carbonyl (C=O) groups is 1. The van der Waals surface area contributed by atoms with E-state index in [1.54, 1.807) is 6.20 Å². The third-order valence-corrected chi connectivity index (χ3v) is 5.58. The van der Waals surface area contributed by atoms with Crippen LogP contribution in [0.1, 0.15) is 24.0 Å². The summed E-state index contributed by atoms with van der Waals surface area (Å²) in [6.45, 7) is 10.3. The molecule has 3 rings (SSSR count). The Hall–Kier alpha value is -1.66. The molecule has 2 amide bonds. The lowest BCUT2D eigenvalue weighted by atomic mass is 9.96. The molecule has 6 heteroatoms. The number of piperidine rings is 1. The van der Waals surface area contributed by atoms with Gasteiger partial charge in [0.15, 0.2) is 0 Å². The van der Waals surface area contributed by atoms with Crippen molar-refractivity contribution in [3.8, 4) is 0 Å². The van der Waals surface area contributed by atoms with Gasteiger partial charge in [0.1, 0.15) is 0 Å². The summed E-state index contributed by atoms with van der Waals surface area (Å²) in [5.74, 6) is 0.731. The minimum absolute atomic E-state index is 0.0641. The van der Waals surface area contributed by atoms with Gasteiger partial charge in [-0.15, -0.1) is 0 Å². The van der Waals surface area contributed by atoms with E-state index in [4.69, 9.17) is 0 Å². The minimum Gasteiger partial charge on any atom is -0.334 e. The van der Waals surface area contributed by atoms with Crippen LogP contribution in [0.4, 0.5) is 4.79 Å². The van der Waals surface area contributed by atoms with Crippen molar-refractivity contribution in [3.63, 3.8) is 0 Å². The van der Waals surface area contributed by atoms with E-state index in [2.05, 4.69) is 27.1 Å². The van der Waals surface area contributed by atoms with Gasteiger partial charge in [0.25, 0.3) is 0 Å². The van der Waals surface area contributed by atoms with E-state index in [-0.39, 0.29) is 6.03 Å². The zero-order chi connectivity index (χ0) is 17.6. The summed E-state index contributed by atoms with van der Waals surface area (Å²) < 4.78 is 0. The molecule has 0 spiro atoms. The molecule has 2 aliphatic heterocycles. The number of hydrogen-bond donors (Lipinski definition) is 1. The first-order valence-electron chi connectivity index (χ1n) is 9.45. The Balaban J connectivity index is 1.38. The van der Waals surface area contributed by atoms with Crippen LogP contribution in [0.2, 0.25) is 0 Å². The summed E-state index contributed by atoms with van der Waals surface area (Å²) in [5, 5.41) is 3.05. The van der Waals surface area contributed by atoms with Gasteiger partial charge >= 0.3 is 6.03 Å². The molecule has 0 radical (unpaired) electrons. The molecule has 0 atom stereocenters. The lowest BCUT2D eigenvalue weighted by molar-refractivity contribution is 0.111. The third-order valence-electron chi connectivity index (χ3n) is 5.58. The van der Waals surface area contributed by atoms with Crippen LogP contribution >= 0.6 is 0 Å². The largest absolute Gasteiger partial charge is 0.334 e. The molecule has 1 aromatic heterocycles. The zero-order valence-electron chi connectivity index (χ0n) is 15.6. The van der Waals surface area contributed by atoms with Crippen molar-refractivity contribution in [1.29, 1.82) is 0 Å². The molecule has 25 heavy (non-hydrogen) atoms. The van der Waals surface area contributed by atoms with E-state index in [0.717, 1.165) is 43.0 Å². The van der Waals surface area contributed by atoms with Crippen molar-refractivity contribution in [2.45, 2.75) is 26.3 Å². The summed E-state index contributed by atoms with van der Waals surface area (Å²) in [4.78, 5) is 23.4. The van der Waals surface area contributed by atoms with Crippen molar-refractivity contribution in [2.75, 3.05) is 52.9 Å². The van der Waals surface area contributed by atoms with Crippen molar-refractivity contribution in [1.82, 2.24) is 25.0 Å². The molecule has 0 bridgehead atoms. The van der Waals surface area contributed by atoms with Gasteiger partial charge < -0.3 is 20.0 Å². The van der Waals surface area contributed by atoms with Crippen LogP contribution in [0, 0.1) is 12.8 Å². The number of rotatable bonds is 4. The maximum atomic E-state index is 12.4. The number of hydrogen-bond acceptors (Lipinski definition) is 4. The first kappa shape index (κ1) is 18.1. The summed E-state index contributed by atoms with van der Waals surface area (Å²) in [6, 6.07) is 2.03. The van der Waals surface area contributed by atoms with Gasteiger partial charge in [-0.1, -0.05) is 0 Å². The summed E-state index contributed by atoms with van der Waals surface area (Å²) >= 11 is 0. The molecular formula is C19H31N5O. The SMILES string of the molecule is Cc1cnccc1CNC(=O)N1CCC(CN2CCN(C)CC2)CC1. The van der Waals surface area contributed by atoms with Gasteiger partial charge in [-0.3, -0.25) is 4.98 Å². The van der Waals surface area contributed by atoms with Gasteiger partial charge in [-0.2, -0.15) is 0 Å². The Kier molecular flexibility index (Phi) is 6.26. The minimum atomic E-state index is 0.0641. The molecule has 2 fully saturated rings. The normalized spacial score (nSPS) is 20.6. The van der Waals surface area contributed by atoms with Crippen molar-refractivity contribution in [3.05, 3.63) is 29.6 Å². The Morgan fingerprint density at radius 1 is 1.20 bits per heavy atom. The van der Waals surface area contributed by atoms with Crippen molar-refractivity contribution in [2.24, 2.45) is 5.92 Å². The second-order valence-corrected chi connectivity index (χ2v) is 7.50. The zero-order valence-corrected chi connectivity index (χ0v) is 15.6. The molecule has 3 heterocycles. The van der Waals surface area contributed by atoms with Crippen LogP contribution in [0.15, 0.2) is 18.5 Å². The molecular weight excluding hydrogens is 314 g/mol. The number of likely N-dealkylation sites (N-methyl/N-ethyl adjacent to an activating group) is 1. The lowest BCUT2D eigenvalue weighted by Gasteiger charge is -2.38. The van der Waals surface area contributed by atoms with E-state index in [1.807, 2.05) is 24.1 Å². The highest BCUT2D eigenvalue weighted by atomic mass is 16.2. The van der Waals surface area contributed by atoms with Crippen molar-refractivity contribution >= 4 is 6.03 Å². The molecule has 1 aromatic rings. The average Bonchev–Trinajstić information content (AvgIpc) is 2.63. The quantitative estimate of drug-likeness (QED) is 0.900. The predicted molar refractivity (Wildman–Crippen MR) is 99.4 cm³/mol. The highest BCUT2D eigenvalue weighted by molar-refractivity contribution is 5.74. The van der Waals surface area contributed by atoms with Crippen LogP contribution in [0.25, 0.3) is 0 Å². The van der Waals surface area contributed by atoms with E-state index in [1.165, 1.54) is 32.7 Å². The van der Waals surface area contributed by atoms with Gasteiger partial charge in [-0.25, -0.2) is 4.79 Å². The van der Waals surface area contributed by atoms with Gasteiger partial charge in [0, 0.05) is 64.8 Å². The highest BCUT2D eigenvalue weighted by Crippen LogP contribution is 2.19. The number of nitrogens with one attached hydrogen (secondary N) is 1. The Morgan fingerprint density at radius 2 is 1.92 bits per heavy atom. The number of urea groups is 1. The maximum Gasteiger partial charge on any atom is 0.317 e. The van der Waals surface area contributed by atoms with Gasteiger partial charge in [-0.05, 0) is 49.9 Å². The summed E-state index contributed by atoms with van der Waals surface area (Å²) in [5.41, 5.74) is 2.25. The Bertz CT molecular complexity index is 563. The van der Waals surface area contributed by atoms with Crippen LogP contribution < -0.4 is 5.32 Å². The predicted octanol–water partition coefficient (Wildman–Crippen LogP) is 1.56. The van der Waals surface area contributed by atoms with Crippen LogP contribution in [0.3, 0.4) is 0 Å². The maximum absolute atomic E-state index is 12.4. The second-order valence-electron chi connectivity index (χ2n) is 7.50. The molecule has 0 aromatic carbocycles. The molecule has 6 nitrogen and oxygen atoms in total. The smallest absolute Gasteiger partial charge is 0.317 e. The monoisotopic (exact) mass is 345 g/mol. The Morgan fingerprint density at radius 3 is 2.60 bits per heavy atom. The number of aromatic nitrogens is 1. The molecule has 0 unspecified atom stereocenters. The Labute approximate surface area is 151 Å².